The van der Waals surface area contributed by atoms with Crippen LogP contribution in [-0.2, 0) is 5.75 Å². The van der Waals surface area contributed by atoms with Crippen LogP contribution >= 0.6 is 46.6 Å². The molecule has 20 heavy (non-hydrogen) atoms. The Morgan fingerprint density at radius 1 is 1.15 bits per heavy atom. The summed E-state index contributed by atoms with van der Waals surface area (Å²) in [6.45, 7) is 0. The number of aromatic nitrogens is 1. The summed E-state index contributed by atoms with van der Waals surface area (Å²) in [4.78, 5) is 15.9. The normalized spacial score (nSPS) is 10.6. The molecule has 0 aliphatic carbocycles. The molecule has 0 radical (unpaired) electrons. The van der Waals surface area contributed by atoms with Gasteiger partial charge in [0.15, 0.2) is 0 Å². The summed E-state index contributed by atoms with van der Waals surface area (Å²) in [5, 5.41) is 10.1. The predicted molar refractivity (Wildman–Crippen MR) is 82.2 cm³/mol. The van der Waals surface area contributed by atoms with Crippen molar-refractivity contribution in [2.45, 2.75) is 10.6 Å². The molecule has 1 aromatic carbocycles. The maximum Gasteiger partial charge on any atom is 0.337 e. The van der Waals surface area contributed by atoms with Crippen LogP contribution in [0.4, 0.5) is 0 Å². The molecule has 0 aliphatic heterocycles. The summed E-state index contributed by atoms with van der Waals surface area (Å²) >= 11 is 19.1. The van der Waals surface area contributed by atoms with Crippen molar-refractivity contribution in [2.75, 3.05) is 0 Å². The number of carbonyl (C=O) groups is 1. The number of carboxylic acids is 1. The fourth-order valence-electron chi connectivity index (χ4n) is 1.47. The van der Waals surface area contributed by atoms with Gasteiger partial charge in [0.05, 0.1) is 21.3 Å². The summed E-state index contributed by atoms with van der Waals surface area (Å²) in [7, 11) is 0. The second-order valence-electron chi connectivity index (χ2n) is 3.80. The highest BCUT2D eigenvalue weighted by Crippen LogP contribution is 2.29. The first-order valence-corrected chi connectivity index (χ1v) is 7.56. The summed E-state index contributed by atoms with van der Waals surface area (Å²) in [5.41, 5.74) is 0.720. The Labute approximate surface area is 134 Å². The van der Waals surface area contributed by atoms with Gasteiger partial charge in [-0.05, 0) is 30.3 Å². The molecular formula is C13H8Cl3NO2S. The minimum Gasteiger partial charge on any atom is -0.478 e. The molecule has 1 aromatic heterocycles. The van der Waals surface area contributed by atoms with E-state index in [0.29, 0.717) is 21.6 Å². The number of aromatic carboxylic acids is 1. The number of thioether (sulfide) groups is 1. The van der Waals surface area contributed by atoms with Gasteiger partial charge < -0.3 is 5.11 Å². The van der Waals surface area contributed by atoms with Gasteiger partial charge in [0.25, 0.3) is 0 Å². The summed E-state index contributed by atoms with van der Waals surface area (Å²) in [6, 6.07) is 8.12. The standard InChI is InChI=1S/C13H8Cl3NO2S/c14-9-2-1-7(5-8(9)13(18)19)20-6-11-10(15)3-4-12(16)17-11/h1-5H,6H2,(H,18,19). The molecule has 3 nitrogen and oxygen atoms in total. The van der Waals surface area contributed by atoms with Crippen molar-refractivity contribution in [2.24, 2.45) is 0 Å². The van der Waals surface area contributed by atoms with Gasteiger partial charge in [-0.3, -0.25) is 0 Å². The van der Waals surface area contributed by atoms with Crippen LogP contribution in [0, 0.1) is 0 Å². The number of hydrogen-bond donors (Lipinski definition) is 1. The topological polar surface area (TPSA) is 50.2 Å². The third-order valence-electron chi connectivity index (χ3n) is 2.43. The minimum absolute atomic E-state index is 0.0711. The van der Waals surface area contributed by atoms with E-state index >= 15 is 0 Å². The highest BCUT2D eigenvalue weighted by Gasteiger charge is 2.10. The molecular weight excluding hydrogens is 341 g/mol. The van der Waals surface area contributed by atoms with Gasteiger partial charge in [-0.15, -0.1) is 11.8 Å². The summed E-state index contributed by atoms with van der Waals surface area (Å²) in [5.74, 6) is -0.573. The Balaban J connectivity index is 2.17. The van der Waals surface area contributed by atoms with Crippen LogP contribution in [0.25, 0.3) is 0 Å². The lowest BCUT2D eigenvalue weighted by Gasteiger charge is -2.06. The maximum absolute atomic E-state index is 11.0. The monoisotopic (exact) mass is 347 g/mol. The Morgan fingerprint density at radius 3 is 2.55 bits per heavy atom. The summed E-state index contributed by atoms with van der Waals surface area (Å²) < 4.78 is 0. The zero-order valence-electron chi connectivity index (χ0n) is 9.94. The van der Waals surface area contributed by atoms with Gasteiger partial charge in [0, 0.05) is 10.6 Å². The fraction of sp³-hybridized carbons (Fsp3) is 0.0769. The van der Waals surface area contributed by atoms with E-state index in [9.17, 15) is 4.79 Å². The van der Waals surface area contributed by atoms with E-state index in [4.69, 9.17) is 39.9 Å². The first-order chi connectivity index (χ1) is 9.47. The van der Waals surface area contributed by atoms with Crippen molar-refractivity contribution in [1.82, 2.24) is 4.98 Å². The molecule has 0 saturated heterocycles. The number of carboxylic acid groups (broad SMARTS) is 1. The lowest BCUT2D eigenvalue weighted by molar-refractivity contribution is 0.0697. The van der Waals surface area contributed by atoms with Gasteiger partial charge in [0.1, 0.15) is 5.15 Å². The molecule has 7 heteroatoms. The molecule has 0 aliphatic rings. The van der Waals surface area contributed by atoms with E-state index in [1.807, 2.05) is 0 Å². The average Bonchev–Trinajstić information content (AvgIpc) is 2.41. The van der Waals surface area contributed by atoms with E-state index in [1.165, 1.54) is 17.8 Å². The lowest BCUT2D eigenvalue weighted by atomic mass is 10.2. The van der Waals surface area contributed by atoms with Gasteiger partial charge in [-0.1, -0.05) is 34.8 Å². The summed E-state index contributed by atoms with van der Waals surface area (Å²) in [6.07, 6.45) is 0. The average molecular weight is 349 g/mol. The first-order valence-electron chi connectivity index (χ1n) is 5.44. The molecule has 0 bridgehead atoms. The number of hydrogen-bond acceptors (Lipinski definition) is 3. The van der Waals surface area contributed by atoms with Crippen LogP contribution in [0.15, 0.2) is 35.2 Å². The van der Waals surface area contributed by atoms with Crippen LogP contribution < -0.4 is 0 Å². The molecule has 104 valence electrons. The highest BCUT2D eigenvalue weighted by molar-refractivity contribution is 7.98. The van der Waals surface area contributed by atoms with E-state index in [0.717, 1.165) is 4.90 Å². The maximum atomic E-state index is 11.0. The third kappa shape index (κ3) is 3.79. The smallest absolute Gasteiger partial charge is 0.337 e. The molecule has 2 aromatic rings. The number of pyridine rings is 1. The Kier molecular flexibility index (Phi) is 5.16. The van der Waals surface area contributed by atoms with Crippen LogP contribution in [0.1, 0.15) is 16.1 Å². The molecule has 2 rings (SSSR count). The van der Waals surface area contributed by atoms with Crippen molar-refractivity contribution in [1.29, 1.82) is 0 Å². The number of benzene rings is 1. The van der Waals surface area contributed by atoms with Gasteiger partial charge in [-0.25, -0.2) is 9.78 Å². The molecule has 1 heterocycles. The van der Waals surface area contributed by atoms with Gasteiger partial charge in [-0.2, -0.15) is 0 Å². The number of halogens is 3. The van der Waals surface area contributed by atoms with Crippen LogP contribution in [0.5, 0.6) is 0 Å². The Morgan fingerprint density at radius 2 is 1.85 bits per heavy atom. The predicted octanol–water partition coefficient (Wildman–Crippen LogP) is 5.03. The third-order valence-corrected chi connectivity index (χ3v) is 4.32. The van der Waals surface area contributed by atoms with Crippen molar-refractivity contribution >= 4 is 52.5 Å². The minimum atomic E-state index is -1.06. The van der Waals surface area contributed by atoms with E-state index in [2.05, 4.69) is 4.98 Å². The first kappa shape index (κ1) is 15.4. The largest absolute Gasteiger partial charge is 0.478 e. The molecule has 0 spiro atoms. The van der Waals surface area contributed by atoms with Crippen LogP contribution in [0.3, 0.4) is 0 Å². The molecule has 0 amide bonds. The lowest BCUT2D eigenvalue weighted by Crippen LogP contribution is -1.97. The molecule has 0 atom stereocenters. The van der Waals surface area contributed by atoms with E-state index in [1.54, 1.807) is 24.3 Å². The number of rotatable bonds is 4. The quantitative estimate of drug-likeness (QED) is 0.621. The second-order valence-corrected chi connectivity index (χ2v) is 6.05. The Hall–Kier alpha value is -0.940. The van der Waals surface area contributed by atoms with Crippen molar-refractivity contribution < 1.29 is 9.90 Å². The molecule has 0 fully saturated rings. The second kappa shape index (κ2) is 6.68. The zero-order valence-corrected chi connectivity index (χ0v) is 13.0. The van der Waals surface area contributed by atoms with Gasteiger partial charge >= 0.3 is 5.97 Å². The van der Waals surface area contributed by atoms with Gasteiger partial charge in [0.2, 0.25) is 0 Å². The molecule has 1 N–H and O–H groups in total. The zero-order chi connectivity index (χ0) is 14.7. The van der Waals surface area contributed by atoms with Crippen LogP contribution in [0.2, 0.25) is 15.2 Å². The van der Waals surface area contributed by atoms with Crippen molar-refractivity contribution in [3.8, 4) is 0 Å². The fourth-order valence-corrected chi connectivity index (χ4v) is 2.97. The Bertz CT molecular complexity index is 664. The number of nitrogens with zero attached hydrogens (tertiary/aromatic N) is 1. The van der Waals surface area contributed by atoms with Crippen molar-refractivity contribution in [3.05, 3.63) is 56.8 Å². The highest BCUT2D eigenvalue weighted by atomic mass is 35.5. The van der Waals surface area contributed by atoms with Crippen LogP contribution in [-0.4, -0.2) is 16.1 Å². The van der Waals surface area contributed by atoms with Crippen molar-refractivity contribution in [3.63, 3.8) is 0 Å². The SMILES string of the molecule is O=C(O)c1cc(SCc2nc(Cl)ccc2Cl)ccc1Cl. The molecule has 0 unspecified atom stereocenters. The van der Waals surface area contributed by atoms with E-state index in [-0.39, 0.29) is 10.6 Å². The molecule has 0 saturated carbocycles. The van der Waals surface area contributed by atoms with E-state index < -0.39 is 5.97 Å².